The van der Waals surface area contributed by atoms with Gasteiger partial charge in [-0.1, -0.05) is 42.5 Å². The van der Waals surface area contributed by atoms with E-state index in [-0.39, 0.29) is 5.91 Å². The van der Waals surface area contributed by atoms with Gasteiger partial charge in [0.15, 0.2) is 0 Å². The quantitative estimate of drug-likeness (QED) is 0.409. The topological polar surface area (TPSA) is 55.1 Å². The van der Waals surface area contributed by atoms with Gasteiger partial charge in [0.05, 0.1) is 0 Å². The third kappa shape index (κ3) is 5.90. The summed E-state index contributed by atoms with van der Waals surface area (Å²) in [6.07, 6.45) is 0. The Balaban J connectivity index is 0.000000236. The highest BCUT2D eigenvalue weighted by atomic mass is 127. The lowest BCUT2D eigenvalue weighted by molar-refractivity contribution is 0.102. The van der Waals surface area contributed by atoms with Gasteiger partial charge in [-0.15, -0.1) is 0 Å². The third-order valence-electron chi connectivity index (χ3n) is 3.67. The van der Waals surface area contributed by atoms with Crippen LogP contribution in [0.25, 0.3) is 0 Å². The molecule has 0 unspecified atom stereocenters. The lowest BCUT2D eigenvalue weighted by Crippen LogP contribution is -2.12. The van der Waals surface area contributed by atoms with Crippen molar-refractivity contribution >= 4 is 39.9 Å². The van der Waals surface area contributed by atoms with Gasteiger partial charge in [0, 0.05) is 20.5 Å². The van der Waals surface area contributed by atoms with Crippen molar-refractivity contribution in [3.63, 3.8) is 0 Å². The zero-order chi connectivity index (χ0) is 18.2. The molecule has 3 aromatic rings. The summed E-state index contributed by atoms with van der Waals surface area (Å²) >= 11 is 2.20. The number of anilines is 2. The maximum atomic E-state index is 12.0. The molecular formula is C21H21IN2O. The molecule has 0 fully saturated rings. The molecule has 3 nitrogen and oxygen atoms in total. The van der Waals surface area contributed by atoms with E-state index in [1.165, 1.54) is 0 Å². The van der Waals surface area contributed by atoms with Gasteiger partial charge >= 0.3 is 0 Å². The second-order valence-corrected chi connectivity index (χ2v) is 6.88. The molecule has 0 aliphatic heterocycles. The summed E-state index contributed by atoms with van der Waals surface area (Å²) < 4.78 is 1.06. The van der Waals surface area contributed by atoms with Crippen LogP contribution in [0.3, 0.4) is 0 Å². The first-order valence-electron chi connectivity index (χ1n) is 7.91. The molecule has 0 atom stereocenters. The lowest BCUT2D eigenvalue weighted by Gasteiger charge is -2.08. The summed E-state index contributed by atoms with van der Waals surface area (Å²) in [5, 5.41) is 2.91. The molecule has 0 heterocycles. The van der Waals surface area contributed by atoms with Crippen LogP contribution in [0.1, 0.15) is 21.5 Å². The van der Waals surface area contributed by atoms with Crippen molar-refractivity contribution in [1.29, 1.82) is 0 Å². The second kappa shape index (κ2) is 9.22. The average molecular weight is 444 g/mol. The average Bonchev–Trinajstić information content (AvgIpc) is 2.60. The van der Waals surface area contributed by atoms with Gasteiger partial charge in [0.1, 0.15) is 0 Å². The molecule has 0 aliphatic rings. The zero-order valence-electron chi connectivity index (χ0n) is 14.3. The maximum absolute atomic E-state index is 12.0. The normalized spacial score (nSPS) is 9.72. The van der Waals surface area contributed by atoms with Crippen LogP contribution in [0.4, 0.5) is 11.4 Å². The van der Waals surface area contributed by atoms with Gasteiger partial charge in [-0.25, -0.2) is 0 Å². The summed E-state index contributed by atoms with van der Waals surface area (Å²) in [5.74, 6) is -0.0715. The Morgan fingerprint density at radius 1 is 0.880 bits per heavy atom. The van der Waals surface area contributed by atoms with Crippen molar-refractivity contribution in [2.45, 2.75) is 13.8 Å². The van der Waals surface area contributed by atoms with E-state index in [0.717, 1.165) is 26.1 Å². The van der Waals surface area contributed by atoms with Crippen LogP contribution in [0.5, 0.6) is 0 Å². The number of hydrogen-bond donors (Lipinski definition) is 2. The van der Waals surface area contributed by atoms with Crippen molar-refractivity contribution in [2.75, 3.05) is 11.1 Å². The van der Waals surface area contributed by atoms with E-state index in [9.17, 15) is 4.79 Å². The van der Waals surface area contributed by atoms with Gasteiger partial charge in [-0.05, 0) is 77.9 Å². The van der Waals surface area contributed by atoms with Crippen molar-refractivity contribution in [3.8, 4) is 0 Å². The van der Waals surface area contributed by atoms with E-state index in [1.807, 2.05) is 86.6 Å². The van der Waals surface area contributed by atoms with Crippen LogP contribution in [0.2, 0.25) is 0 Å². The number of carbonyl (C=O) groups excluding carboxylic acids is 1. The number of hydrogen-bond acceptors (Lipinski definition) is 2. The number of nitrogen functional groups attached to an aromatic ring is 1. The van der Waals surface area contributed by atoms with Crippen LogP contribution in [-0.2, 0) is 0 Å². The molecule has 0 aromatic heterocycles. The molecular weight excluding hydrogens is 423 g/mol. The monoisotopic (exact) mass is 444 g/mol. The third-order valence-corrected chi connectivity index (χ3v) is 4.34. The molecule has 4 heteroatoms. The van der Waals surface area contributed by atoms with E-state index in [2.05, 4.69) is 27.9 Å². The highest BCUT2D eigenvalue weighted by Crippen LogP contribution is 2.15. The second-order valence-electron chi connectivity index (χ2n) is 5.64. The van der Waals surface area contributed by atoms with E-state index in [4.69, 9.17) is 5.73 Å². The fraction of sp³-hybridized carbons (Fsp3) is 0.0952. The van der Waals surface area contributed by atoms with Gasteiger partial charge in [-0.2, -0.15) is 0 Å². The Labute approximate surface area is 162 Å². The number of nitrogens with one attached hydrogen (secondary N) is 1. The first-order chi connectivity index (χ1) is 12.0. The van der Waals surface area contributed by atoms with Crippen LogP contribution >= 0.6 is 22.6 Å². The standard InChI is InChI=1S/C14H12INO.C7H9N/c1-10-5-2-3-8-13(10)16-14(17)11-6-4-7-12(15)9-11;1-6-4-2-3-5-7(6)8/h2-9H,1H3,(H,16,17);2-5H,8H2,1H3. The van der Waals surface area contributed by atoms with E-state index in [1.54, 1.807) is 0 Å². The minimum absolute atomic E-state index is 0.0715. The number of nitrogens with two attached hydrogens (primary N) is 1. The molecule has 0 aliphatic carbocycles. The summed E-state index contributed by atoms with van der Waals surface area (Å²) in [6, 6.07) is 23.1. The molecule has 128 valence electrons. The largest absolute Gasteiger partial charge is 0.399 e. The predicted molar refractivity (Wildman–Crippen MR) is 114 cm³/mol. The number of benzene rings is 3. The summed E-state index contributed by atoms with van der Waals surface area (Å²) in [4.78, 5) is 12.0. The maximum Gasteiger partial charge on any atom is 0.255 e. The SMILES string of the molecule is Cc1ccccc1N.Cc1ccccc1NC(=O)c1cccc(I)c1. The molecule has 0 radical (unpaired) electrons. The first kappa shape index (κ1) is 19.0. The number of amides is 1. The molecule has 3 rings (SSSR count). The number of halogens is 1. The lowest BCUT2D eigenvalue weighted by atomic mass is 10.1. The minimum atomic E-state index is -0.0715. The molecule has 0 saturated carbocycles. The van der Waals surface area contributed by atoms with Crippen molar-refractivity contribution in [3.05, 3.63) is 93.1 Å². The summed E-state index contributed by atoms with van der Waals surface area (Å²) in [7, 11) is 0. The highest BCUT2D eigenvalue weighted by molar-refractivity contribution is 14.1. The Hall–Kier alpha value is -2.34. The Bertz CT molecular complexity index is 841. The molecule has 3 aromatic carbocycles. The van der Waals surface area contributed by atoms with Crippen LogP contribution < -0.4 is 11.1 Å². The minimum Gasteiger partial charge on any atom is -0.399 e. The number of carbonyl (C=O) groups is 1. The van der Waals surface area contributed by atoms with E-state index < -0.39 is 0 Å². The van der Waals surface area contributed by atoms with E-state index >= 15 is 0 Å². The number of aryl methyl sites for hydroxylation is 2. The van der Waals surface area contributed by atoms with Crippen molar-refractivity contribution in [1.82, 2.24) is 0 Å². The molecule has 0 saturated heterocycles. The Morgan fingerprint density at radius 3 is 2.08 bits per heavy atom. The smallest absolute Gasteiger partial charge is 0.255 e. The van der Waals surface area contributed by atoms with Crippen LogP contribution in [-0.4, -0.2) is 5.91 Å². The Morgan fingerprint density at radius 2 is 1.52 bits per heavy atom. The fourth-order valence-corrected chi connectivity index (χ4v) is 2.67. The summed E-state index contributed by atoms with van der Waals surface area (Å²) in [6.45, 7) is 3.97. The Kier molecular flexibility index (Phi) is 7.01. The molecule has 1 amide bonds. The molecule has 3 N–H and O–H groups in total. The number of rotatable bonds is 2. The van der Waals surface area contributed by atoms with Crippen molar-refractivity contribution < 1.29 is 4.79 Å². The molecule has 0 spiro atoms. The highest BCUT2D eigenvalue weighted by Gasteiger charge is 2.07. The van der Waals surface area contributed by atoms with Gasteiger partial charge < -0.3 is 11.1 Å². The molecule has 25 heavy (non-hydrogen) atoms. The zero-order valence-corrected chi connectivity index (χ0v) is 16.4. The van der Waals surface area contributed by atoms with Gasteiger partial charge in [0.2, 0.25) is 0 Å². The van der Waals surface area contributed by atoms with E-state index in [0.29, 0.717) is 5.56 Å². The molecule has 0 bridgehead atoms. The van der Waals surface area contributed by atoms with Crippen LogP contribution in [0.15, 0.2) is 72.8 Å². The van der Waals surface area contributed by atoms with Crippen LogP contribution in [0, 0.1) is 17.4 Å². The summed E-state index contributed by atoms with van der Waals surface area (Å²) in [5.41, 5.74) is 10.1. The van der Waals surface area contributed by atoms with Gasteiger partial charge in [-0.3, -0.25) is 4.79 Å². The van der Waals surface area contributed by atoms with Gasteiger partial charge in [0.25, 0.3) is 5.91 Å². The van der Waals surface area contributed by atoms with Crippen molar-refractivity contribution in [2.24, 2.45) is 0 Å². The number of para-hydroxylation sites is 2. The fourth-order valence-electron chi connectivity index (χ4n) is 2.12. The first-order valence-corrected chi connectivity index (χ1v) is 8.99. The predicted octanol–water partition coefficient (Wildman–Crippen LogP) is 5.43.